The van der Waals surface area contributed by atoms with E-state index in [0.717, 1.165) is 27.5 Å². The number of hydrogen-bond acceptors (Lipinski definition) is 4. The van der Waals surface area contributed by atoms with E-state index in [1.165, 1.54) is 6.08 Å². The van der Waals surface area contributed by atoms with Crippen LogP contribution >= 0.6 is 11.3 Å². The number of carbonyl (C=O) groups excluding carboxylic acids is 1. The van der Waals surface area contributed by atoms with Gasteiger partial charge in [-0.25, -0.2) is 4.98 Å². The molecule has 0 unspecified atom stereocenters. The van der Waals surface area contributed by atoms with Crippen LogP contribution in [0.15, 0.2) is 41.3 Å². The van der Waals surface area contributed by atoms with E-state index in [1.54, 1.807) is 41.8 Å². The number of rotatable bonds is 4. The Morgan fingerprint density at radius 3 is 2.74 bits per heavy atom. The number of fused-ring (bicyclic) bond motifs is 1. The van der Waals surface area contributed by atoms with E-state index in [1.807, 2.05) is 13.0 Å². The SMILES string of the molecule is CCc1cc(=O)c2cc(NC(=O)C=Cc3cnc(C(C)(C)C)s3)ccc2[nH]1. The number of hydrogen-bond donors (Lipinski definition) is 2. The average molecular weight is 382 g/mol. The van der Waals surface area contributed by atoms with Crippen molar-refractivity contribution in [1.82, 2.24) is 9.97 Å². The van der Waals surface area contributed by atoms with Crippen LogP contribution in [0.4, 0.5) is 5.69 Å². The van der Waals surface area contributed by atoms with E-state index in [0.29, 0.717) is 11.1 Å². The van der Waals surface area contributed by atoms with Gasteiger partial charge in [-0.15, -0.1) is 11.3 Å². The minimum absolute atomic E-state index is 0.00515. The average Bonchev–Trinajstić information content (AvgIpc) is 3.10. The van der Waals surface area contributed by atoms with Gasteiger partial charge < -0.3 is 10.3 Å². The third-order valence-electron chi connectivity index (χ3n) is 4.10. The second kappa shape index (κ2) is 7.48. The van der Waals surface area contributed by atoms with Crippen molar-refractivity contribution in [3.63, 3.8) is 0 Å². The summed E-state index contributed by atoms with van der Waals surface area (Å²) in [6.45, 7) is 8.32. The van der Waals surface area contributed by atoms with Gasteiger partial charge in [0, 0.05) is 50.9 Å². The maximum absolute atomic E-state index is 12.2. The second-order valence-electron chi connectivity index (χ2n) is 7.41. The van der Waals surface area contributed by atoms with E-state index in [2.05, 4.69) is 36.1 Å². The first-order valence-electron chi connectivity index (χ1n) is 8.87. The van der Waals surface area contributed by atoms with Crippen molar-refractivity contribution in [2.75, 3.05) is 5.32 Å². The third kappa shape index (κ3) is 4.52. The molecule has 2 aromatic heterocycles. The van der Waals surface area contributed by atoms with Gasteiger partial charge in [0.05, 0.1) is 5.01 Å². The van der Waals surface area contributed by atoms with Crippen LogP contribution in [-0.2, 0) is 16.6 Å². The minimum atomic E-state index is -0.248. The van der Waals surface area contributed by atoms with Gasteiger partial charge in [-0.2, -0.15) is 0 Å². The predicted molar refractivity (Wildman–Crippen MR) is 112 cm³/mol. The Kier molecular flexibility index (Phi) is 5.28. The number of thiazole rings is 1. The molecule has 1 amide bonds. The number of benzene rings is 1. The maximum Gasteiger partial charge on any atom is 0.248 e. The highest BCUT2D eigenvalue weighted by Gasteiger charge is 2.17. The van der Waals surface area contributed by atoms with Crippen LogP contribution in [0.25, 0.3) is 17.0 Å². The van der Waals surface area contributed by atoms with E-state index in [4.69, 9.17) is 0 Å². The first-order chi connectivity index (χ1) is 12.8. The summed E-state index contributed by atoms with van der Waals surface area (Å²) >= 11 is 1.57. The summed E-state index contributed by atoms with van der Waals surface area (Å²) in [5.74, 6) is -0.248. The quantitative estimate of drug-likeness (QED) is 0.654. The molecule has 0 bridgehead atoms. The number of aryl methyl sites for hydroxylation is 1. The fourth-order valence-corrected chi connectivity index (χ4v) is 3.50. The van der Waals surface area contributed by atoms with Gasteiger partial charge in [-0.3, -0.25) is 9.59 Å². The van der Waals surface area contributed by atoms with Crippen molar-refractivity contribution < 1.29 is 4.79 Å². The summed E-state index contributed by atoms with van der Waals surface area (Å²) < 4.78 is 0. The van der Waals surface area contributed by atoms with Gasteiger partial charge in [0.2, 0.25) is 5.91 Å². The molecular weight excluding hydrogens is 358 g/mol. The number of aromatic nitrogens is 2. The molecule has 0 fully saturated rings. The predicted octanol–water partition coefficient (Wildman–Crippen LogP) is 4.50. The fourth-order valence-electron chi connectivity index (χ4n) is 2.62. The van der Waals surface area contributed by atoms with Crippen LogP contribution in [0, 0.1) is 0 Å². The van der Waals surface area contributed by atoms with Gasteiger partial charge in [0.25, 0.3) is 0 Å². The highest BCUT2D eigenvalue weighted by Crippen LogP contribution is 2.27. The van der Waals surface area contributed by atoms with Gasteiger partial charge in [0.1, 0.15) is 0 Å². The minimum Gasteiger partial charge on any atom is -0.358 e. The van der Waals surface area contributed by atoms with Crippen molar-refractivity contribution in [1.29, 1.82) is 0 Å². The first-order valence-corrected chi connectivity index (χ1v) is 9.69. The van der Waals surface area contributed by atoms with Gasteiger partial charge in [-0.1, -0.05) is 27.7 Å². The molecule has 0 radical (unpaired) electrons. The normalized spacial score (nSPS) is 12.0. The van der Waals surface area contributed by atoms with E-state index in [-0.39, 0.29) is 16.8 Å². The molecule has 0 aliphatic rings. The largest absolute Gasteiger partial charge is 0.358 e. The van der Waals surface area contributed by atoms with E-state index in [9.17, 15) is 9.59 Å². The summed E-state index contributed by atoms with van der Waals surface area (Å²) in [4.78, 5) is 33.0. The number of nitrogens with one attached hydrogen (secondary N) is 2. The molecule has 1 aromatic carbocycles. The summed E-state index contributed by atoms with van der Waals surface area (Å²) in [6.07, 6.45) is 5.77. The Labute approximate surface area is 162 Å². The Bertz CT molecular complexity index is 1070. The lowest BCUT2D eigenvalue weighted by atomic mass is 9.98. The number of carbonyl (C=O) groups is 1. The topological polar surface area (TPSA) is 74.8 Å². The summed E-state index contributed by atoms with van der Waals surface area (Å²) in [6, 6.07) is 6.90. The lowest BCUT2D eigenvalue weighted by Gasteiger charge is -2.13. The summed E-state index contributed by atoms with van der Waals surface area (Å²) in [5, 5.41) is 4.39. The molecule has 3 aromatic rings. The van der Waals surface area contributed by atoms with Crippen molar-refractivity contribution in [3.05, 3.63) is 62.3 Å². The molecule has 6 heteroatoms. The van der Waals surface area contributed by atoms with Crippen LogP contribution in [0.1, 0.15) is 43.3 Å². The summed E-state index contributed by atoms with van der Waals surface area (Å²) in [7, 11) is 0. The number of pyridine rings is 1. The van der Waals surface area contributed by atoms with Crippen molar-refractivity contribution in [2.45, 2.75) is 39.5 Å². The zero-order valence-corrected chi connectivity index (χ0v) is 16.7. The number of aromatic amines is 1. The molecule has 140 valence electrons. The zero-order valence-electron chi connectivity index (χ0n) is 15.9. The maximum atomic E-state index is 12.2. The highest BCUT2D eigenvalue weighted by atomic mass is 32.1. The number of H-pyrrole nitrogens is 1. The molecule has 27 heavy (non-hydrogen) atoms. The molecule has 3 rings (SSSR count). The molecule has 5 nitrogen and oxygen atoms in total. The van der Waals surface area contributed by atoms with Gasteiger partial charge in [-0.05, 0) is 30.7 Å². The van der Waals surface area contributed by atoms with Crippen molar-refractivity contribution in [2.24, 2.45) is 0 Å². The Hall–Kier alpha value is -2.73. The second-order valence-corrected chi connectivity index (χ2v) is 8.48. The third-order valence-corrected chi connectivity index (χ3v) is 5.49. The highest BCUT2D eigenvalue weighted by molar-refractivity contribution is 7.12. The number of anilines is 1. The van der Waals surface area contributed by atoms with Gasteiger partial charge in [0.15, 0.2) is 5.43 Å². The molecular formula is C21H23N3O2S. The Morgan fingerprint density at radius 1 is 1.30 bits per heavy atom. The monoisotopic (exact) mass is 381 g/mol. The van der Waals surface area contributed by atoms with E-state index < -0.39 is 0 Å². The molecule has 0 atom stereocenters. The van der Waals surface area contributed by atoms with Crippen LogP contribution in [-0.4, -0.2) is 15.9 Å². The molecule has 0 aliphatic heterocycles. The van der Waals surface area contributed by atoms with E-state index >= 15 is 0 Å². The van der Waals surface area contributed by atoms with Gasteiger partial charge >= 0.3 is 0 Å². The molecule has 0 spiro atoms. The van der Waals surface area contributed by atoms with Crippen LogP contribution in [0.5, 0.6) is 0 Å². The molecule has 2 N–H and O–H groups in total. The van der Waals surface area contributed by atoms with Crippen molar-refractivity contribution in [3.8, 4) is 0 Å². The van der Waals surface area contributed by atoms with Crippen molar-refractivity contribution >= 4 is 39.9 Å². The summed E-state index contributed by atoms with van der Waals surface area (Å²) in [5.41, 5.74) is 2.20. The molecule has 0 saturated carbocycles. The van der Waals surface area contributed by atoms with Crippen LogP contribution < -0.4 is 10.7 Å². The molecule has 0 saturated heterocycles. The fraction of sp³-hybridized carbons (Fsp3) is 0.286. The number of amides is 1. The first kappa shape index (κ1) is 19.0. The molecule has 0 aliphatic carbocycles. The zero-order chi connectivity index (χ0) is 19.6. The van der Waals surface area contributed by atoms with Crippen LogP contribution in [0.3, 0.4) is 0 Å². The number of nitrogens with zero attached hydrogens (tertiary/aromatic N) is 1. The standard InChI is InChI=1S/C21H23N3O2S/c1-5-13-11-18(25)16-10-14(6-8-17(16)23-13)24-19(26)9-7-15-12-22-20(27-15)21(2,3)4/h6-12H,5H2,1-4H3,(H,23,25)(H,24,26). The Balaban J connectivity index is 1.75. The lowest BCUT2D eigenvalue weighted by molar-refractivity contribution is -0.111. The smallest absolute Gasteiger partial charge is 0.248 e. The lowest BCUT2D eigenvalue weighted by Crippen LogP contribution is -2.09. The van der Waals surface area contributed by atoms with Crippen LogP contribution in [0.2, 0.25) is 0 Å². The molecule has 2 heterocycles. The Morgan fingerprint density at radius 2 is 2.07 bits per heavy atom.